The van der Waals surface area contributed by atoms with Gasteiger partial charge < -0.3 is 20.0 Å². The van der Waals surface area contributed by atoms with Gasteiger partial charge in [0.1, 0.15) is 17.9 Å². The Balaban J connectivity index is 0.000000968. The van der Waals surface area contributed by atoms with Crippen molar-refractivity contribution in [2.45, 2.75) is 33.4 Å². The number of ether oxygens (including phenoxy) is 1. The lowest BCUT2D eigenvalue weighted by atomic mass is 9.99. The Bertz CT molecular complexity index is 1260. The van der Waals surface area contributed by atoms with Crippen LogP contribution in [0.5, 0.6) is 5.75 Å². The van der Waals surface area contributed by atoms with E-state index in [0.717, 1.165) is 51.0 Å². The Labute approximate surface area is 192 Å². The van der Waals surface area contributed by atoms with Crippen molar-refractivity contribution in [3.8, 4) is 16.9 Å². The highest BCUT2D eigenvalue weighted by molar-refractivity contribution is 5.94. The largest absolute Gasteiger partial charge is 0.489 e. The topological polar surface area (TPSA) is 103 Å². The lowest BCUT2D eigenvalue weighted by molar-refractivity contribution is -0.122. The van der Waals surface area contributed by atoms with Gasteiger partial charge >= 0.3 is 0 Å². The van der Waals surface area contributed by atoms with Crippen molar-refractivity contribution >= 4 is 23.2 Å². The molecule has 3 aromatic carbocycles. The molecule has 4 aromatic rings. The maximum Gasteiger partial charge on any atom is 0.290 e. The van der Waals surface area contributed by atoms with Gasteiger partial charge in [0.25, 0.3) is 6.47 Å². The van der Waals surface area contributed by atoms with Gasteiger partial charge in [0.05, 0.1) is 6.26 Å². The number of Topliss-reactive ketones (excluding diaryl/α,β-unsaturated/α-hetero) is 1. The van der Waals surface area contributed by atoms with Crippen molar-refractivity contribution < 1.29 is 23.8 Å². The molecule has 0 bridgehead atoms. The molecule has 0 aliphatic rings. The second-order valence-electron chi connectivity index (χ2n) is 7.51. The number of furan rings is 1. The number of rotatable bonds is 7. The number of carboxylic acid groups (broad SMARTS) is 1. The highest BCUT2D eigenvalue weighted by atomic mass is 16.5. The number of hydrogen-bond acceptors (Lipinski definition) is 5. The van der Waals surface area contributed by atoms with Gasteiger partial charge in [-0.15, -0.1) is 0 Å². The third-order valence-electron chi connectivity index (χ3n) is 5.33. The summed E-state index contributed by atoms with van der Waals surface area (Å²) in [6, 6.07) is 20.0. The van der Waals surface area contributed by atoms with Crippen LogP contribution in [0.3, 0.4) is 0 Å². The number of carbonyl (C=O) groups excluding carboxylic acids is 1. The van der Waals surface area contributed by atoms with Crippen LogP contribution < -0.4 is 10.5 Å². The predicted octanol–water partition coefficient (Wildman–Crippen LogP) is 5.60. The average Bonchev–Trinajstić information content (AvgIpc) is 3.31. The summed E-state index contributed by atoms with van der Waals surface area (Å²) in [5, 5.41) is 7.91. The summed E-state index contributed by atoms with van der Waals surface area (Å²) < 4.78 is 11.9. The minimum absolute atomic E-state index is 0.0318. The number of benzene rings is 3. The van der Waals surface area contributed by atoms with Crippen molar-refractivity contribution in [3.63, 3.8) is 0 Å². The van der Waals surface area contributed by atoms with Crippen LogP contribution in [0.25, 0.3) is 22.1 Å². The Morgan fingerprint density at radius 2 is 1.88 bits per heavy atom. The molecule has 33 heavy (non-hydrogen) atoms. The van der Waals surface area contributed by atoms with Crippen LogP contribution >= 0.6 is 0 Å². The number of carbonyl (C=O) groups is 2. The third kappa shape index (κ3) is 5.67. The van der Waals surface area contributed by atoms with Gasteiger partial charge in [0.2, 0.25) is 0 Å². The summed E-state index contributed by atoms with van der Waals surface area (Å²) in [5.74, 6) is 0.786. The molecule has 0 radical (unpaired) electrons. The van der Waals surface area contributed by atoms with E-state index in [1.54, 1.807) is 13.2 Å². The first-order valence-corrected chi connectivity index (χ1v) is 10.6. The quantitative estimate of drug-likeness (QED) is 0.283. The molecule has 1 aromatic heterocycles. The number of ketones is 1. The van der Waals surface area contributed by atoms with E-state index in [1.165, 1.54) is 0 Å². The van der Waals surface area contributed by atoms with Gasteiger partial charge in [-0.2, -0.15) is 0 Å². The van der Waals surface area contributed by atoms with Crippen LogP contribution in [0.1, 0.15) is 40.9 Å². The summed E-state index contributed by atoms with van der Waals surface area (Å²) in [6.07, 6.45) is 2.54. The maximum absolute atomic E-state index is 11.8. The molecular weight excluding hydrogens is 418 g/mol. The monoisotopic (exact) mass is 445 g/mol. The SMILES string of the molecule is CCc1ccc(C(C)=O)cc1OCc1cc(-c2cccc(CN)c2)c2occc2c1.O=CO. The molecule has 1 heterocycles. The van der Waals surface area contributed by atoms with E-state index in [-0.39, 0.29) is 12.3 Å². The molecule has 3 N–H and O–H groups in total. The van der Waals surface area contributed by atoms with Crippen LogP contribution in [-0.2, 0) is 24.4 Å². The van der Waals surface area contributed by atoms with Crippen LogP contribution in [0, 0.1) is 0 Å². The summed E-state index contributed by atoms with van der Waals surface area (Å²) in [5.41, 5.74) is 12.6. The lowest BCUT2D eigenvalue weighted by Gasteiger charge is -2.13. The van der Waals surface area contributed by atoms with Crippen LogP contribution in [0.4, 0.5) is 0 Å². The molecule has 6 nitrogen and oxygen atoms in total. The number of fused-ring (bicyclic) bond motifs is 1. The summed E-state index contributed by atoms with van der Waals surface area (Å²) in [4.78, 5) is 20.1. The van der Waals surface area contributed by atoms with Gasteiger partial charge in [0.15, 0.2) is 5.78 Å². The lowest BCUT2D eigenvalue weighted by Crippen LogP contribution is -2.01. The molecule has 0 saturated heterocycles. The summed E-state index contributed by atoms with van der Waals surface area (Å²) >= 11 is 0. The van der Waals surface area contributed by atoms with E-state index < -0.39 is 0 Å². The van der Waals surface area contributed by atoms with Crippen molar-refractivity contribution in [1.82, 2.24) is 0 Å². The van der Waals surface area contributed by atoms with Gasteiger partial charge in [0, 0.05) is 23.1 Å². The molecule has 0 aliphatic heterocycles. The van der Waals surface area contributed by atoms with Crippen molar-refractivity contribution in [3.05, 3.63) is 89.2 Å². The Kier molecular flexibility index (Phi) is 8.00. The molecule has 0 fully saturated rings. The Morgan fingerprint density at radius 1 is 1.09 bits per heavy atom. The van der Waals surface area contributed by atoms with Gasteiger partial charge in [-0.25, -0.2) is 0 Å². The first kappa shape index (κ1) is 23.8. The number of nitrogens with two attached hydrogens (primary N) is 1. The van der Waals surface area contributed by atoms with Gasteiger partial charge in [-0.05, 0) is 65.9 Å². The van der Waals surface area contributed by atoms with Crippen molar-refractivity contribution in [2.24, 2.45) is 5.73 Å². The summed E-state index contributed by atoms with van der Waals surface area (Å²) in [7, 11) is 0. The van der Waals surface area contributed by atoms with E-state index in [1.807, 2.05) is 36.4 Å². The second kappa shape index (κ2) is 11.1. The number of hydrogen-bond donors (Lipinski definition) is 2. The van der Waals surface area contributed by atoms with Gasteiger partial charge in [-0.3, -0.25) is 9.59 Å². The summed E-state index contributed by atoms with van der Waals surface area (Å²) in [6.45, 7) is 4.29. The smallest absolute Gasteiger partial charge is 0.290 e. The first-order chi connectivity index (χ1) is 16.0. The molecule has 6 heteroatoms. The molecule has 0 atom stereocenters. The van der Waals surface area contributed by atoms with E-state index in [0.29, 0.717) is 18.7 Å². The fourth-order valence-corrected chi connectivity index (χ4v) is 3.67. The first-order valence-electron chi connectivity index (χ1n) is 10.6. The highest BCUT2D eigenvalue weighted by Gasteiger charge is 2.12. The fraction of sp³-hybridized carbons (Fsp3) is 0.185. The van der Waals surface area contributed by atoms with E-state index in [2.05, 4.69) is 31.2 Å². The van der Waals surface area contributed by atoms with Crippen LogP contribution in [-0.4, -0.2) is 17.4 Å². The predicted molar refractivity (Wildman–Crippen MR) is 128 cm³/mol. The highest BCUT2D eigenvalue weighted by Crippen LogP contribution is 2.32. The van der Waals surface area contributed by atoms with E-state index in [4.69, 9.17) is 24.8 Å². The molecule has 0 aliphatic carbocycles. The zero-order valence-electron chi connectivity index (χ0n) is 18.7. The van der Waals surface area contributed by atoms with Crippen LogP contribution in [0.15, 0.2) is 71.3 Å². The third-order valence-corrected chi connectivity index (χ3v) is 5.33. The van der Waals surface area contributed by atoms with Gasteiger partial charge in [-0.1, -0.05) is 37.3 Å². The Hall–Kier alpha value is -3.90. The standard InChI is InChI=1S/C26H25NO3.CH2O2/c1-3-20-7-8-21(17(2)28)14-25(20)30-16-19-12-23-9-10-29-26(23)24(13-19)22-6-4-5-18(11-22)15-27;2-1-3/h4-14H,3,15-16,27H2,1-2H3;1H,(H,2,3). The normalized spacial score (nSPS) is 10.4. The number of aryl methyl sites for hydroxylation is 1. The molecular formula is C27H27NO5. The molecule has 0 spiro atoms. The molecule has 170 valence electrons. The zero-order chi connectivity index (χ0) is 23.8. The van der Waals surface area contributed by atoms with E-state index >= 15 is 0 Å². The van der Waals surface area contributed by atoms with E-state index in [9.17, 15) is 4.79 Å². The molecule has 0 unspecified atom stereocenters. The maximum atomic E-state index is 11.8. The Morgan fingerprint density at radius 3 is 2.58 bits per heavy atom. The van der Waals surface area contributed by atoms with Crippen molar-refractivity contribution in [2.75, 3.05) is 0 Å². The van der Waals surface area contributed by atoms with Crippen LogP contribution in [0.2, 0.25) is 0 Å². The molecule has 0 amide bonds. The minimum atomic E-state index is -0.250. The average molecular weight is 446 g/mol. The van der Waals surface area contributed by atoms with Crippen molar-refractivity contribution in [1.29, 1.82) is 0 Å². The fourth-order valence-electron chi connectivity index (χ4n) is 3.67. The minimum Gasteiger partial charge on any atom is -0.489 e. The second-order valence-corrected chi connectivity index (χ2v) is 7.51. The molecule has 4 rings (SSSR count). The zero-order valence-corrected chi connectivity index (χ0v) is 18.7. The molecule has 0 saturated carbocycles.